The van der Waals surface area contributed by atoms with Crippen LogP contribution in [-0.4, -0.2) is 39.1 Å². The lowest BCUT2D eigenvalue weighted by Crippen LogP contribution is -2.17. The molecule has 10 heteroatoms. The standard InChI is InChI=1S/C20H24ClN5O2S.ClH/c1-3-27-18-10-6-8-15(13-22-11-12-29-20-23-24-25-26(20)2)19(18)28-14-16-7-4-5-9-17(16)21;/h4-10,22H,3,11-14H2,1-2H3;1H. The molecule has 0 bridgehead atoms. The van der Waals surface area contributed by atoms with Crippen LogP contribution < -0.4 is 14.8 Å². The van der Waals surface area contributed by atoms with Gasteiger partial charge in [0.2, 0.25) is 5.16 Å². The maximum atomic E-state index is 6.26. The summed E-state index contributed by atoms with van der Waals surface area (Å²) >= 11 is 7.87. The second-order valence-electron chi connectivity index (χ2n) is 6.17. The van der Waals surface area contributed by atoms with Crippen molar-refractivity contribution in [2.45, 2.75) is 25.2 Å². The molecule has 0 radical (unpaired) electrons. The topological polar surface area (TPSA) is 74.1 Å². The van der Waals surface area contributed by atoms with Crippen LogP contribution in [0.5, 0.6) is 11.5 Å². The molecule has 3 rings (SSSR count). The molecule has 0 aliphatic carbocycles. The number of hydrogen-bond acceptors (Lipinski definition) is 7. The minimum Gasteiger partial charge on any atom is -0.490 e. The van der Waals surface area contributed by atoms with Gasteiger partial charge in [0.15, 0.2) is 11.5 Å². The number of rotatable bonds is 11. The van der Waals surface area contributed by atoms with E-state index in [-0.39, 0.29) is 12.4 Å². The van der Waals surface area contributed by atoms with Gasteiger partial charge in [-0.3, -0.25) is 0 Å². The molecule has 3 aromatic rings. The van der Waals surface area contributed by atoms with Crippen molar-refractivity contribution in [1.29, 1.82) is 0 Å². The van der Waals surface area contributed by atoms with Crippen LogP contribution in [0.4, 0.5) is 0 Å². The van der Waals surface area contributed by atoms with Gasteiger partial charge in [-0.25, -0.2) is 4.68 Å². The first kappa shape index (κ1) is 24.3. The van der Waals surface area contributed by atoms with Crippen LogP contribution in [0.15, 0.2) is 47.6 Å². The summed E-state index contributed by atoms with van der Waals surface area (Å²) in [5.41, 5.74) is 1.97. The summed E-state index contributed by atoms with van der Waals surface area (Å²) in [5.74, 6) is 2.33. The molecule has 0 spiro atoms. The summed E-state index contributed by atoms with van der Waals surface area (Å²) < 4.78 is 13.6. The number of hydrogen-bond donors (Lipinski definition) is 1. The van der Waals surface area contributed by atoms with Crippen molar-refractivity contribution in [2.75, 3.05) is 18.9 Å². The lowest BCUT2D eigenvalue weighted by atomic mass is 10.1. The van der Waals surface area contributed by atoms with Gasteiger partial charge in [-0.2, -0.15) is 0 Å². The van der Waals surface area contributed by atoms with Crippen LogP contribution in [0, 0.1) is 0 Å². The van der Waals surface area contributed by atoms with E-state index in [0.717, 1.165) is 40.1 Å². The fourth-order valence-corrected chi connectivity index (χ4v) is 3.62. The molecular weight excluding hydrogens is 445 g/mol. The van der Waals surface area contributed by atoms with E-state index in [9.17, 15) is 0 Å². The van der Waals surface area contributed by atoms with E-state index in [2.05, 4.69) is 20.8 Å². The van der Waals surface area contributed by atoms with Crippen LogP contribution in [0.3, 0.4) is 0 Å². The molecule has 7 nitrogen and oxygen atoms in total. The van der Waals surface area contributed by atoms with Crippen LogP contribution >= 0.6 is 35.8 Å². The zero-order valence-corrected chi connectivity index (χ0v) is 19.3. The normalized spacial score (nSPS) is 10.5. The van der Waals surface area contributed by atoms with Gasteiger partial charge in [0.1, 0.15) is 6.61 Å². The fourth-order valence-electron chi connectivity index (χ4n) is 2.68. The highest BCUT2D eigenvalue weighted by Gasteiger charge is 2.12. The van der Waals surface area contributed by atoms with Crippen LogP contribution in [-0.2, 0) is 20.2 Å². The van der Waals surface area contributed by atoms with Crippen LogP contribution in [0.2, 0.25) is 5.02 Å². The number of nitrogens with one attached hydrogen (secondary N) is 1. The largest absolute Gasteiger partial charge is 0.490 e. The minimum atomic E-state index is 0. The number of para-hydroxylation sites is 1. The first-order valence-corrected chi connectivity index (χ1v) is 10.7. The quantitative estimate of drug-likeness (QED) is 0.334. The zero-order valence-electron chi connectivity index (χ0n) is 16.9. The van der Waals surface area contributed by atoms with Crippen molar-refractivity contribution in [2.24, 2.45) is 7.05 Å². The molecule has 0 saturated carbocycles. The number of nitrogens with zero attached hydrogens (tertiary/aromatic N) is 4. The Labute approximate surface area is 191 Å². The molecule has 0 saturated heterocycles. The van der Waals surface area contributed by atoms with Gasteiger partial charge in [0.25, 0.3) is 0 Å². The number of ether oxygens (including phenoxy) is 2. The van der Waals surface area contributed by atoms with Crippen LogP contribution in [0.25, 0.3) is 0 Å². The minimum absolute atomic E-state index is 0. The van der Waals surface area contributed by atoms with Gasteiger partial charge in [0, 0.05) is 42.0 Å². The summed E-state index contributed by atoms with van der Waals surface area (Å²) in [7, 11) is 1.83. The van der Waals surface area contributed by atoms with Gasteiger partial charge in [0.05, 0.1) is 6.61 Å². The molecule has 0 aliphatic heterocycles. The first-order chi connectivity index (χ1) is 14.2. The molecule has 1 heterocycles. The summed E-state index contributed by atoms with van der Waals surface area (Å²) in [6.07, 6.45) is 0. The third-order valence-corrected chi connectivity index (χ3v) is 5.48. The van der Waals surface area contributed by atoms with Gasteiger partial charge < -0.3 is 14.8 Å². The van der Waals surface area contributed by atoms with Gasteiger partial charge in [-0.1, -0.05) is 53.7 Å². The first-order valence-electron chi connectivity index (χ1n) is 9.35. The van der Waals surface area contributed by atoms with E-state index in [1.807, 2.05) is 56.4 Å². The van der Waals surface area contributed by atoms with Crippen molar-refractivity contribution in [1.82, 2.24) is 25.5 Å². The number of aryl methyl sites for hydroxylation is 1. The number of benzene rings is 2. The number of tetrazole rings is 1. The Hall–Kier alpha value is -2.00. The molecule has 2 aromatic carbocycles. The highest BCUT2D eigenvalue weighted by Crippen LogP contribution is 2.32. The predicted molar refractivity (Wildman–Crippen MR) is 122 cm³/mol. The summed E-state index contributed by atoms with van der Waals surface area (Å²) in [6.45, 7) is 4.38. The number of halogens is 2. The average molecular weight is 470 g/mol. The van der Waals surface area contributed by atoms with E-state index in [0.29, 0.717) is 24.8 Å². The van der Waals surface area contributed by atoms with Gasteiger partial charge >= 0.3 is 0 Å². The molecule has 0 fully saturated rings. The van der Waals surface area contributed by atoms with Crippen molar-refractivity contribution >= 4 is 35.8 Å². The van der Waals surface area contributed by atoms with Crippen molar-refractivity contribution in [3.8, 4) is 11.5 Å². The molecule has 0 amide bonds. The number of thioether (sulfide) groups is 1. The third-order valence-electron chi connectivity index (χ3n) is 4.10. The van der Waals surface area contributed by atoms with E-state index in [4.69, 9.17) is 21.1 Å². The Balaban J connectivity index is 0.00000320. The highest BCUT2D eigenvalue weighted by molar-refractivity contribution is 7.99. The monoisotopic (exact) mass is 469 g/mol. The average Bonchev–Trinajstić information content (AvgIpc) is 3.13. The lowest BCUT2D eigenvalue weighted by molar-refractivity contribution is 0.266. The number of aromatic nitrogens is 4. The molecular formula is C20H25Cl2N5O2S. The smallest absolute Gasteiger partial charge is 0.209 e. The third kappa shape index (κ3) is 6.77. The Bertz CT molecular complexity index is 926. The molecule has 0 unspecified atom stereocenters. The summed E-state index contributed by atoms with van der Waals surface area (Å²) in [5, 5.41) is 16.4. The predicted octanol–water partition coefficient (Wildman–Crippen LogP) is 4.14. The van der Waals surface area contributed by atoms with E-state index in [1.165, 1.54) is 0 Å². The molecule has 1 aromatic heterocycles. The Morgan fingerprint density at radius 2 is 1.90 bits per heavy atom. The second kappa shape index (κ2) is 12.6. The SMILES string of the molecule is CCOc1cccc(CNCCSc2nnnn2C)c1OCc1ccccc1Cl.Cl. The Kier molecular flexibility index (Phi) is 10.2. The van der Waals surface area contributed by atoms with Crippen molar-refractivity contribution in [3.05, 3.63) is 58.6 Å². The summed E-state index contributed by atoms with van der Waals surface area (Å²) in [4.78, 5) is 0. The van der Waals surface area contributed by atoms with E-state index >= 15 is 0 Å². The Morgan fingerprint density at radius 1 is 1.10 bits per heavy atom. The van der Waals surface area contributed by atoms with E-state index < -0.39 is 0 Å². The lowest BCUT2D eigenvalue weighted by Gasteiger charge is -2.17. The zero-order chi connectivity index (χ0) is 20.5. The summed E-state index contributed by atoms with van der Waals surface area (Å²) in [6, 6.07) is 13.6. The van der Waals surface area contributed by atoms with Crippen molar-refractivity contribution in [3.63, 3.8) is 0 Å². The second-order valence-corrected chi connectivity index (χ2v) is 7.64. The van der Waals surface area contributed by atoms with Gasteiger partial charge in [-0.15, -0.1) is 17.5 Å². The highest BCUT2D eigenvalue weighted by atomic mass is 35.5. The maximum absolute atomic E-state index is 6.26. The molecule has 1 N–H and O–H groups in total. The molecule has 0 atom stereocenters. The molecule has 30 heavy (non-hydrogen) atoms. The van der Waals surface area contributed by atoms with Crippen LogP contribution in [0.1, 0.15) is 18.1 Å². The Morgan fingerprint density at radius 3 is 2.63 bits per heavy atom. The molecule has 162 valence electrons. The molecule has 0 aliphatic rings. The maximum Gasteiger partial charge on any atom is 0.209 e. The van der Waals surface area contributed by atoms with Crippen molar-refractivity contribution < 1.29 is 9.47 Å². The van der Waals surface area contributed by atoms with Gasteiger partial charge in [-0.05, 0) is 29.5 Å². The fraction of sp³-hybridized carbons (Fsp3) is 0.350. The van der Waals surface area contributed by atoms with E-state index in [1.54, 1.807) is 16.4 Å².